The number of rotatable bonds is 2. The number of thiophene rings is 1. The molecule has 3 rings (SSSR count). The van der Waals surface area contributed by atoms with Crippen molar-refractivity contribution in [2.24, 2.45) is 0 Å². The predicted octanol–water partition coefficient (Wildman–Crippen LogP) is 4.67. The topological polar surface area (TPSA) is 37.8 Å². The Morgan fingerprint density at radius 2 is 1.85 bits per heavy atom. The van der Waals surface area contributed by atoms with Gasteiger partial charge in [-0.2, -0.15) is 0 Å². The van der Waals surface area contributed by atoms with E-state index < -0.39 is 0 Å². The molecule has 1 N–H and O–H groups in total. The maximum absolute atomic E-state index is 4.58. The SMILES string of the molecule is Cc1cccc(Nc2nc(C)nc3sc(C)c(C)c23)c1. The largest absolute Gasteiger partial charge is 0.340 e. The first-order valence-electron chi connectivity index (χ1n) is 6.62. The molecule has 0 spiro atoms. The zero-order valence-corrected chi connectivity index (χ0v) is 12.9. The van der Waals surface area contributed by atoms with Crippen LogP contribution in [0.5, 0.6) is 0 Å². The van der Waals surface area contributed by atoms with Crippen LogP contribution in [0.15, 0.2) is 24.3 Å². The van der Waals surface area contributed by atoms with Crippen molar-refractivity contribution in [2.75, 3.05) is 5.32 Å². The molecule has 3 nitrogen and oxygen atoms in total. The van der Waals surface area contributed by atoms with Crippen LogP contribution >= 0.6 is 11.3 Å². The van der Waals surface area contributed by atoms with Crippen molar-refractivity contribution >= 4 is 33.1 Å². The van der Waals surface area contributed by atoms with Crippen LogP contribution in [0.25, 0.3) is 10.2 Å². The molecule has 0 atom stereocenters. The Balaban J connectivity index is 2.15. The minimum absolute atomic E-state index is 0.800. The van der Waals surface area contributed by atoms with Crippen LogP contribution in [0.3, 0.4) is 0 Å². The van der Waals surface area contributed by atoms with E-state index in [0.717, 1.165) is 27.5 Å². The van der Waals surface area contributed by atoms with Gasteiger partial charge in [0.1, 0.15) is 16.5 Å². The van der Waals surface area contributed by atoms with Crippen molar-refractivity contribution in [2.45, 2.75) is 27.7 Å². The highest BCUT2D eigenvalue weighted by Gasteiger charge is 2.13. The average Bonchev–Trinajstić information content (AvgIpc) is 2.64. The number of hydrogen-bond donors (Lipinski definition) is 1. The molecule has 0 unspecified atom stereocenters. The van der Waals surface area contributed by atoms with Gasteiger partial charge in [-0.1, -0.05) is 12.1 Å². The standard InChI is InChI=1S/C16H17N3S/c1-9-6-5-7-13(8-9)19-15-14-10(2)11(3)20-16(14)18-12(4)17-15/h5-8H,1-4H3,(H,17,18,19). The second-order valence-corrected chi connectivity index (χ2v) is 6.28. The highest BCUT2D eigenvalue weighted by atomic mass is 32.1. The van der Waals surface area contributed by atoms with Gasteiger partial charge in [-0.3, -0.25) is 0 Å². The van der Waals surface area contributed by atoms with Gasteiger partial charge in [0.2, 0.25) is 0 Å². The summed E-state index contributed by atoms with van der Waals surface area (Å²) in [6.45, 7) is 8.29. The Morgan fingerprint density at radius 1 is 1.05 bits per heavy atom. The van der Waals surface area contributed by atoms with E-state index in [1.54, 1.807) is 11.3 Å². The Hall–Kier alpha value is -1.94. The third-order valence-electron chi connectivity index (χ3n) is 3.42. The van der Waals surface area contributed by atoms with Crippen molar-refractivity contribution in [1.29, 1.82) is 0 Å². The molecule has 0 saturated heterocycles. The number of nitrogens with zero attached hydrogens (tertiary/aromatic N) is 2. The van der Waals surface area contributed by atoms with Crippen LogP contribution in [-0.4, -0.2) is 9.97 Å². The quantitative estimate of drug-likeness (QED) is 0.742. The van der Waals surface area contributed by atoms with E-state index in [9.17, 15) is 0 Å². The van der Waals surface area contributed by atoms with E-state index in [1.165, 1.54) is 16.0 Å². The van der Waals surface area contributed by atoms with Gasteiger partial charge in [-0.05, 0) is 51.0 Å². The molecule has 0 aliphatic rings. The van der Waals surface area contributed by atoms with E-state index in [1.807, 2.05) is 6.92 Å². The van der Waals surface area contributed by atoms with Crippen molar-refractivity contribution in [3.05, 3.63) is 46.1 Å². The first kappa shape index (κ1) is 13.1. The van der Waals surface area contributed by atoms with Crippen LogP contribution in [0, 0.1) is 27.7 Å². The number of aromatic nitrogens is 2. The Labute approximate surface area is 122 Å². The van der Waals surface area contributed by atoms with Gasteiger partial charge in [0.05, 0.1) is 5.39 Å². The summed E-state index contributed by atoms with van der Waals surface area (Å²) < 4.78 is 0. The normalized spacial score (nSPS) is 11.0. The molecule has 0 aliphatic heterocycles. The van der Waals surface area contributed by atoms with Crippen molar-refractivity contribution in [3.8, 4) is 0 Å². The molecular weight excluding hydrogens is 266 g/mol. The fraction of sp³-hybridized carbons (Fsp3) is 0.250. The lowest BCUT2D eigenvalue weighted by molar-refractivity contribution is 1.10. The number of benzene rings is 1. The second kappa shape index (κ2) is 4.87. The Kier molecular flexibility index (Phi) is 3.18. The zero-order valence-electron chi connectivity index (χ0n) is 12.1. The zero-order chi connectivity index (χ0) is 14.3. The summed E-state index contributed by atoms with van der Waals surface area (Å²) in [5, 5.41) is 4.58. The van der Waals surface area contributed by atoms with E-state index in [4.69, 9.17) is 0 Å². The highest BCUT2D eigenvalue weighted by Crippen LogP contribution is 2.34. The predicted molar refractivity (Wildman–Crippen MR) is 86.1 cm³/mol. The van der Waals surface area contributed by atoms with Crippen LogP contribution in [0.2, 0.25) is 0 Å². The molecule has 2 heterocycles. The summed E-state index contributed by atoms with van der Waals surface area (Å²) in [6.07, 6.45) is 0. The maximum atomic E-state index is 4.58. The molecule has 0 fully saturated rings. The molecule has 4 heteroatoms. The monoisotopic (exact) mass is 283 g/mol. The molecule has 2 aromatic heterocycles. The molecule has 0 saturated carbocycles. The lowest BCUT2D eigenvalue weighted by Gasteiger charge is -2.09. The molecule has 3 aromatic rings. The van der Waals surface area contributed by atoms with Gasteiger partial charge in [-0.25, -0.2) is 9.97 Å². The summed E-state index contributed by atoms with van der Waals surface area (Å²) >= 11 is 1.73. The van der Waals surface area contributed by atoms with Crippen LogP contribution < -0.4 is 5.32 Å². The van der Waals surface area contributed by atoms with E-state index in [0.29, 0.717) is 0 Å². The number of hydrogen-bond acceptors (Lipinski definition) is 4. The van der Waals surface area contributed by atoms with Gasteiger partial charge in [0.15, 0.2) is 0 Å². The summed E-state index contributed by atoms with van der Waals surface area (Å²) in [5.41, 5.74) is 3.56. The number of nitrogens with one attached hydrogen (secondary N) is 1. The van der Waals surface area contributed by atoms with Gasteiger partial charge in [0.25, 0.3) is 0 Å². The highest BCUT2D eigenvalue weighted by molar-refractivity contribution is 7.18. The fourth-order valence-electron chi connectivity index (χ4n) is 2.31. The molecule has 20 heavy (non-hydrogen) atoms. The van der Waals surface area contributed by atoms with E-state index in [-0.39, 0.29) is 0 Å². The third-order valence-corrected chi connectivity index (χ3v) is 4.52. The lowest BCUT2D eigenvalue weighted by Crippen LogP contribution is -1.98. The smallest absolute Gasteiger partial charge is 0.143 e. The number of anilines is 2. The number of fused-ring (bicyclic) bond motifs is 1. The van der Waals surface area contributed by atoms with E-state index in [2.05, 4.69) is 60.3 Å². The molecule has 102 valence electrons. The first-order chi connectivity index (χ1) is 9.54. The molecule has 0 bridgehead atoms. The number of aryl methyl sites for hydroxylation is 4. The van der Waals surface area contributed by atoms with Gasteiger partial charge in [0, 0.05) is 10.6 Å². The van der Waals surface area contributed by atoms with Crippen molar-refractivity contribution < 1.29 is 0 Å². The fourth-order valence-corrected chi connectivity index (χ4v) is 3.38. The minimum atomic E-state index is 0.800. The van der Waals surface area contributed by atoms with Gasteiger partial charge < -0.3 is 5.32 Å². The molecule has 1 aromatic carbocycles. The minimum Gasteiger partial charge on any atom is -0.340 e. The lowest BCUT2D eigenvalue weighted by atomic mass is 10.2. The molecule has 0 radical (unpaired) electrons. The summed E-state index contributed by atoms with van der Waals surface area (Å²) in [5.74, 6) is 1.70. The van der Waals surface area contributed by atoms with Crippen molar-refractivity contribution in [1.82, 2.24) is 9.97 Å². The summed E-state index contributed by atoms with van der Waals surface area (Å²) in [4.78, 5) is 11.5. The summed E-state index contributed by atoms with van der Waals surface area (Å²) in [7, 11) is 0. The van der Waals surface area contributed by atoms with Gasteiger partial charge >= 0.3 is 0 Å². The Morgan fingerprint density at radius 3 is 2.60 bits per heavy atom. The first-order valence-corrected chi connectivity index (χ1v) is 7.44. The average molecular weight is 283 g/mol. The van der Waals surface area contributed by atoms with Crippen LogP contribution in [0.1, 0.15) is 21.8 Å². The van der Waals surface area contributed by atoms with Crippen LogP contribution in [-0.2, 0) is 0 Å². The van der Waals surface area contributed by atoms with Crippen LogP contribution in [0.4, 0.5) is 11.5 Å². The summed E-state index contributed by atoms with van der Waals surface area (Å²) in [6, 6.07) is 8.32. The molecule has 0 aliphatic carbocycles. The van der Waals surface area contributed by atoms with E-state index >= 15 is 0 Å². The Bertz CT molecular complexity index is 790. The third kappa shape index (κ3) is 2.27. The van der Waals surface area contributed by atoms with Crippen molar-refractivity contribution in [3.63, 3.8) is 0 Å². The molecular formula is C16H17N3S. The maximum Gasteiger partial charge on any atom is 0.143 e. The van der Waals surface area contributed by atoms with Gasteiger partial charge in [-0.15, -0.1) is 11.3 Å². The molecule has 0 amide bonds. The second-order valence-electron chi connectivity index (χ2n) is 5.08.